The fraction of sp³-hybridized carbons (Fsp3) is 0.522. The van der Waals surface area contributed by atoms with Crippen molar-refractivity contribution in [2.75, 3.05) is 54.5 Å². The Hall–Kier alpha value is -2.67. The van der Waals surface area contributed by atoms with Crippen LogP contribution in [0, 0.1) is 0 Å². The largest absolute Gasteiger partial charge is 0.378 e. The Bertz CT molecular complexity index is 856. The molecule has 3 heterocycles. The minimum Gasteiger partial charge on any atom is -0.378 e. The third kappa shape index (κ3) is 4.90. The van der Waals surface area contributed by atoms with Gasteiger partial charge in [-0.05, 0) is 55.5 Å². The van der Waals surface area contributed by atoms with Crippen LogP contribution in [0.25, 0.3) is 0 Å². The van der Waals surface area contributed by atoms with Crippen LogP contribution in [0.1, 0.15) is 55.2 Å². The topological polar surface area (TPSA) is 70.6 Å². The lowest BCUT2D eigenvalue weighted by atomic mass is 10.1. The van der Waals surface area contributed by atoms with E-state index in [1.807, 2.05) is 30.3 Å². The first-order chi connectivity index (χ1) is 14.6. The normalized spacial score (nSPS) is 17.3. The zero-order valence-corrected chi connectivity index (χ0v) is 17.9. The first kappa shape index (κ1) is 20.6. The number of anilines is 3. The highest BCUT2D eigenvalue weighted by Crippen LogP contribution is 2.22. The molecule has 0 radical (unpaired) electrons. The summed E-state index contributed by atoms with van der Waals surface area (Å²) in [5.74, 6) is 0.710. The molecule has 2 aliphatic rings. The lowest BCUT2D eigenvalue weighted by Gasteiger charge is -2.29. The van der Waals surface area contributed by atoms with Crippen molar-refractivity contribution in [3.63, 3.8) is 0 Å². The maximum atomic E-state index is 13.0. The van der Waals surface area contributed by atoms with E-state index in [9.17, 15) is 4.79 Å². The molecule has 160 valence electrons. The van der Waals surface area contributed by atoms with Gasteiger partial charge >= 0.3 is 0 Å². The highest BCUT2D eigenvalue weighted by molar-refractivity contribution is 6.03. The number of morpholine rings is 1. The number of hydrogen-bond acceptors (Lipinski definition) is 6. The van der Waals surface area contributed by atoms with E-state index >= 15 is 0 Å². The summed E-state index contributed by atoms with van der Waals surface area (Å²) in [5.41, 5.74) is 3.24. The van der Waals surface area contributed by atoms with E-state index in [1.54, 1.807) is 0 Å². The van der Waals surface area contributed by atoms with Crippen LogP contribution in [0.3, 0.4) is 0 Å². The quantitative estimate of drug-likeness (QED) is 0.812. The first-order valence-electron chi connectivity index (χ1n) is 11.0. The monoisotopic (exact) mass is 409 g/mol. The van der Waals surface area contributed by atoms with Crippen LogP contribution < -0.4 is 15.1 Å². The van der Waals surface area contributed by atoms with Crippen LogP contribution in [-0.2, 0) is 4.74 Å². The van der Waals surface area contributed by atoms with Gasteiger partial charge in [0.15, 0.2) is 0 Å². The minimum atomic E-state index is -0.198. The second-order valence-electron chi connectivity index (χ2n) is 8.28. The molecule has 1 aromatic heterocycles. The fourth-order valence-electron chi connectivity index (χ4n) is 3.87. The van der Waals surface area contributed by atoms with E-state index in [-0.39, 0.29) is 11.8 Å². The number of ether oxygens (including phenoxy) is 1. The smallest absolute Gasteiger partial charge is 0.274 e. The standard InChI is InChI=1S/C23H31N5O2/c1-17(2)20-16-21(26-23(25-20)28-10-4-3-5-11-28)22(29)24-18-6-8-19(9-7-18)27-12-14-30-15-13-27/h6-9,16-17H,3-5,10-15H2,1-2H3,(H,24,29). The summed E-state index contributed by atoms with van der Waals surface area (Å²) in [7, 11) is 0. The van der Waals surface area contributed by atoms with E-state index < -0.39 is 0 Å². The number of carbonyl (C=O) groups excluding carboxylic acids is 1. The molecular formula is C23H31N5O2. The lowest BCUT2D eigenvalue weighted by Crippen LogP contribution is -2.36. The molecule has 30 heavy (non-hydrogen) atoms. The van der Waals surface area contributed by atoms with Gasteiger partial charge in [0, 0.05) is 43.2 Å². The van der Waals surface area contributed by atoms with Gasteiger partial charge in [0.2, 0.25) is 5.95 Å². The van der Waals surface area contributed by atoms with Crippen LogP contribution in [0.2, 0.25) is 0 Å². The second kappa shape index (κ2) is 9.43. The molecule has 2 aliphatic heterocycles. The molecule has 0 spiro atoms. The van der Waals surface area contributed by atoms with Gasteiger partial charge < -0.3 is 19.9 Å². The summed E-state index contributed by atoms with van der Waals surface area (Å²) in [6.07, 6.45) is 3.53. The number of aromatic nitrogens is 2. The van der Waals surface area contributed by atoms with E-state index in [4.69, 9.17) is 9.72 Å². The van der Waals surface area contributed by atoms with Gasteiger partial charge in [-0.15, -0.1) is 0 Å². The SMILES string of the molecule is CC(C)c1cc(C(=O)Nc2ccc(N3CCOCC3)cc2)nc(N2CCCCC2)n1. The van der Waals surface area contributed by atoms with Gasteiger partial charge in [0.05, 0.1) is 13.2 Å². The maximum Gasteiger partial charge on any atom is 0.274 e. The molecule has 2 saturated heterocycles. The first-order valence-corrected chi connectivity index (χ1v) is 11.0. The van der Waals surface area contributed by atoms with E-state index in [0.717, 1.165) is 69.3 Å². The van der Waals surface area contributed by atoms with E-state index in [0.29, 0.717) is 11.6 Å². The Labute approximate surface area is 178 Å². The number of nitrogens with zero attached hydrogens (tertiary/aromatic N) is 4. The molecule has 0 bridgehead atoms. The Morgan fingerprint density at radius 3 is 2.33 bits per heavy atom. The number of rotatable bonds is 5. The molecule has 0 aliphatic carbocycles. The number of piperidine rings is 1. The van der Waals surface area contributed by atoms with Crippen LogP contribution in [0.4, 0.5) is 17.3 Å². The summed E-state index contributed by atoms with van der Waals surface area (Å²) in [6.45, 7) is 9.38. The molecule has 1 amide bonds. The second-order valence-corrected chi connectivity index (χ2v) is 8.28. The Morgan fingerprint density at radius 2 is 1.67 bits per heavy atom. The van der Waals surface area contributed by atoms with Crippen molar-refractivity contribution in [2.45, 2.75) is 39.0 Å². The van der Waals surface area contributed by atoms with Crippen LogP contribution in [0.5, 0.6) is 0 Å². The molecule has 0 unspecified atom stereocenters. The van der Waals surface area contributed by atoms with Gasteiger partial charge in [-0.25, -0.2) is 9.97 Å². The molecule has 1 N–H and O–H groups in total. The van der Waals surface area contributed by atoms with Crippen molar-refractivity contribution < 1.29 is 9.53 Å². The number of benzene rings is 1. The van der Waals surface area contributed by atoms with Crippen molar-refractivity contribution in [3.8, 4) is 0 Å². The van der Waals surface area contributed by atoms with Crippen molar-refractivity contribution in [3.05, 3.63) is 41.7 Å². The molecule has 4 rings (SSSR count). The molecule has 2 fully saturated rings. The minimum absolute atomic E-state index is 0.198. The maximum absolute atomic E-state index is 13.0. The van der Waals surface area contributed by atoms with Crippen LogP contribution in [-0.4, -0.2) is 55.3 Å². The van der Waals surface area contributed by atoms with Gasteiger partial charge in [-0.2, -0.15) is 0 Å². The van der Waals surface area contributed by atoms with Gasteiger partial charge in [0.25, 0.3) is 5.91 Å². The summed E-state index contributed by atoms with van der Waals surface area (Å²) < 4.78 is 5.41. The molecule has 0 saturated carbocycles. The fourth-order valence-corrected chi connectivity index (χ4v) is 3.87. The average Bonchev–Trinajstić information content (AvgIpc) is 2.80. The molecule has 0 atom stereocenters. The Kier molecular flexibility index (Phi) is 6.47. The molecule has 1 aromatic carbocycles. The van der Waals surface area contributed by atoms with Crippen molar-refractivity contribution in [2.24, 2.45) is 0 Å². The molecular weight excluding hydrogens is 378 g/mol. The number of hydrogen-bond donors (Lipinski definition) is 1. The Balaban J connectivity index is 1.50. The van der Waals surface area contributed by atoms with Crippen LogP contribution in [0.15, 0.2) is 30.3 Å². The predicted octanol–water partition coefficient (Wildman–Crippen LogP) is 3.68. The summed E-state index contributed by atoms with van der Waals surface area (Å²) >= 11 is 0. The van der Waals surface area contributed by atoms with Gasteiger partial charge in [-0.3, -0.25) is 4.79 Å². The predicted molar refractivity (Wildman–Crippen MR) is 120 cm³/mol. The third-order valence-electron chi connectivity index (χ3n) is 5.70. The highest BCUT2D eigenvalue weighted by Gasteiger charge is 2.19. The van der Waals surface area contributed by atoms with E-state index in [2.05, 4.69) is 33.9 Å². The number of amides is 1. The number of nitrogens with one attached hydrogen (secondary N) is 1. The highest BCUT2D eigenvalue weighted by atomic mass is 16.5. The van der Waals surface area contributed by atoms with Crippen molar-refractivity contribution in [1.29, 1.82) is 0 Å². The molecule has 7 nitrogen and oxygen atoms in total. The summed E-state index contributed by atoms with van der Waals surface area (Å²) in [4.78, 5) is 26.8. The lowest BCUT2D eigenvalue weighted by molar-refractivity contribution is 0.102. The van der Waals surface area contributed by atoms with Crippen molar-refractivity contribution >= 4 is 23.2 Å². The Morgan fingerprint density at radius 1 is 0.967 bits per heavy atom. The third-order valence-corrected chi connectivity index (χ3v) is 5.70. The molecule has 2 aromatic rings. The van der Waals surface area contributed by atoms with Gasteiger partial charge in [0.1, 0.15) is 5.69 Å². The zero-order chi connectivity index (χ0) is 20.9. The zero-order valence-electron chi connectivity index (χ0n) is 17.9. The summed E-state index contributed by atoms with van der Waals surface area (Å²) in [6, 6.07) is 9.78. The van der Waals surface area contributed by atoms with Crippen LogP contribution >= 0.6 is 0 Å². The van der Waals surface area contributed by atoms with Crippen molar-refractivity contribution in [1.82, 2.24) is 9.97 Å². The van der Waals surface area contributed by atoms with Gasteiger partial charge in [-0.1, -0.05) is 13.8 Å². The van der Waals surface area contributed by atoms with E-state index in [1.165, 1.54) is 6.42 Å². The summed E-state index contributed by atoms with van der Waals surface area (Å²) in [5, 5.41) is 2.99. The number of carbonyl (C=O) groups is 1. The average molecular weight is 410 g/mol. The molecule has 7 heteroatoms.